The summed E-state index contributed by atoms with van der Waals surface area (Å²) in [5, 5.41) is 10.9. The maximum absolute atomic E-state index is 12.4. The van der Waals surface area contributed by atoms with Crippen LogP contribution in [0.5, 0.6) is 5.75 Å². The lowest BCUT2D eigenvalue weighted by Gasteiger charge is -2.04. The Morgan fingerprint density at radius 2 is 2.03 bits per heavy atom. The van der Waals surface area contributed by atoms with Gasteiger partial charge in [-0.2, -0.15) is 4.99 Å². The van der Waals surface area contributed by atoms with Crippen molar-refractivity contribution in [3.63, 3.8) is 0 Å². The number of nitro benzene ring substituents is 1. The molecule has 0 spiro atoms. The molecule has 0 unspecified atom stereocenters. The highest BCUT2D eigenvalue weighted by Gasteiger charge is 2.12. The number of carbonyl (C=O) groups is 2. The summed E-state index contributed by atoms with van der Waals surface area (Å²) in [6, 6.07) is 11.2. The molecule has 0 bridgehead atoms. The third kappa shape index (κ3) is 4.78. The van der Waals surface area contributed by atoms with Crippen LogP contribution in [0.15, 0.2) is 53.5 Å². The third-order valence-corrected chi connectivity index (χ3v) is 5.15. The predicted octanol–water partition coefficient (Wildman–Crippen LogP) is 2.93. The number of hydrogen-bond donors (Lipinski definition) is 0. The fourth-order valence-electron chi connectivity index (χ4n) is 2.65. The Hall–Kier alpha value is -3.79. The number of hydrogen-bond acceptors (Lipinski definition) is 7. The van der Waals surface area contributed by atoms with Crippen LogP contribution in [0.2, 0.25) is 0 Å². The van der Waals surface area contributed by atoms with Crippen molar-refractivity contribution in [2.75, 3.05) is 14.2 Å². The lowest BCUT2D eigenvalue weighted by atomic mass is 10.2. The predicted molar refractivity (Wildman–Crippen MR) is 111 cm³/mol. The Bertz CT molecular complexity index is 1220. The second kappa shape index (κ2) is 9.14. The number of thiazole rings is 1. The van der Waals surface area contributed by atoms with Crippen LogP contribution >= 0.6 is 11.3 Å². The zero-order valence-corrected chi connectivity index (χ0v) is 16.9. The van der Waals surface area contributed by atoms with Crippen LogP contribution in [0.3, 0.4) is 0 Å². The number of fused-ring (bicyclic) bond motifs is 1. The minimum atomic E-state index is -0.571. The molecule has 0 saturated carbocycles. The van der Waals surface area contributed by atoms with Crippen molar-refractivity contribution in [3.8, 4) is 5.75 Å². The average Bonchev–Trinajstić information content (AvgIpc) is 3.08. The highest BCUT2D eigenvalue weighted by atomic mass is 32.1. The molecule has 1 amide bonds. The highest BCUT2D eigenvalue weighted by Crippen LogP contribution is 2.23. The summed E-state index contributed by atoms with van der Waals surface area (Å²) in [6.45, 7) is -0.108. The Morgan fingerprint density at radius 3 is 2.73 bits per heavy atom. The van der Waals surface area contributed by atoms with E-state index in [0.717, 1.165) is 4.70 Å². The van der Waals surface area contributed by atoms with E-state index in [0.29, 0.717) is 21.6 Å². The summed E-state index contributed by atoms with van der Waals surface area (Å²) in [7, 11) is 2.83. The minimum absolute atomic E-state index is 0.0732. The summed E-state index contributed by atoms with van der Waals surface area (Å²) >= 11 is 1.23. The van der Waals surface area contributed by atoms with E-state index in [4.69, 9.17) is 9.47 Å². The monoisotopic (exact) mass is 427 g/mol. The van der Waals surface area contributed by atoms with Gasteiger partial charge < -0.3 is 14.0 Å². The Labute approximate surface area is 174 Å². The molecule has 0 fully saturated rings. The molecule has 0 radical (unpaired) electrons. The molecule has 9 nitrogen and oxygen atoms in total. The van der Waals surface area contributed by atoms with E-state index < -0.39 is 16.8 Å². The molecule has 1 heterocycles. The van der Waals surface area contributed by atoms with E-state index in [1.165, 1.54) is 48.8 Å². The van der Waals surface area contributed by atoms with Crippen LogP contribution < -0.4 is 9.54 Å². The molecule has 2 aromatic carbocycles. The number of carbonyl (C=O) groups excluding carboxylic acids is 2. The van der Waals surface area contributed by atoms with E-state index in [2.05, 4.69) is 4.99 Å². The number of aromatic nitrogens is 1. The molecule has 0 atom stereocenters. The topological polar surface area (TPSA) is 113 Å². The molecule has 3 aromatic rings. The first-order valence-electron chi connectivity index (χ1n) is 8.66. The van der Waals surface area contributed by atoms with E-state index in [9.17, 15) is 19.7 Å². The number of amides is 1. The van der Waals surface area contributed by atoms with Gasteiger partial charge in [0, 0.05) is 18.2 Å². The average molecular weight is 427 g/mol. The molecule has 0 aliphatic heterocycles. The normalized spacial score (nSPS) is 11.7. The third-order valence-electron chi connectivity index (χ3n) is 4.11. The van der Waals surface area contributed by atoms with Crippen LogP contribution in [0, 0.1) is 10.1 Å². The van der Waals surface area contributed by atoms with Gasteiger partial charge in [0.15, 0.2) is 4.80 Å². The van der Waals surface area contributed by atoms with Gasteiger partial charge in [-0.05, 0) is 29.8 Å². The maximum atomic E-state index is 12.4. The van der Waals surface area contributed by atoms with Crippen LogP contribution in [-0.2, 0) is 20.9 Å². The quantitative estimate of drug-likeness (QED) is 0.259. The van der Waals surface area contributed by atoms with Crippen LogP contribution in [0.1, 0.15) is 5.56 Å². The zero-order chi connectivity index (χ0) is 21.7. The number of nitro groups is 1. The van der Waals surface area contributed by atoms with E-state index in [-0.39, 0.29) is 12.2 Å². The van der Waals surface area contributed by atoms with Crippen molar-refractivity contribution in [2.24, 2.45) is 4.99 Å². The molecule has 0 aliphatic carbocycles. The summed E-state index contributed by atoms with van der Waals surface area (Å²) in [6.07, 6.45) is 2.66. The van der Waals surface area contributed by atoms with Crippen LogP contribution in [-0.4, -0.2) is 35.6 Å². The van der Waals surface area contributed by atoms with Crippen molar-refractivity contribution in [1.29, 1.82) is 0 Å². The van der Waals surface area contributed by atoms with Crippen molar-refractivity contribution < 1.29 is 24.0 Å². The van der Waals surface area contributed by atoms with E-state index in [1.54, 1.807) is 35.9 Å². The van der Waals surface area contributed by atoms with Crippen molar-refractivity contribution in [1.82, 2.24) is 4.57 Å². The lowest BCUT2D eigenvalue weighted by Crippen LogP contribution is -2.22. The summed E-state index contributed by atoms with van der Waals surface area (Å²) in [4.78, 5) is 39.0. The molecule has 3 rings (SSSR count). The maximum Gasteiger partial charge on any atom is 0.325 e. The molecule has 0 aliphatic rings. The van der Waals surface area contributed by atoms with Gasteiger partial charge in [-0.25, -0.2) is 0 Å². The van der Waals surface area contributed by atoms with Gasteiger partial charge >= 0.3 is 5.97 Å². The van der Waals surface area contributed by atoms with Crippen molar-refractivity contribution in [2.45, 2.75) is 6.54 Å². The fourth-order valence-corrected chi connectivity index (χ4v) is 3.72. The molecule has 0 N–H and O–H groups in total. The number of rotatable bonds is 6. The van der Waals surface area contributed by atoms with Gasteiger partial charge in [-0.3, -0.25) is 19.7 Å². The smallest absolute Gasteiger partial charge is 0.325 e. The summed E-state index contributed by atoms with van der Waals surface area (Å²) < 4.78 is 12.3. The second-order valence-corrected chi connectivity index (χ2v) is 7.03. The molecule has 30 heavy (non-hydrogen) atoms. The standard InChI is InChI=1S/C20H17N3O6S/c1-28-15-7-8-16-17(11-15)30-20(22(16)12-19(25)29-2)21-18(24)9-6-13-4-3-5-14(10-13)23(26)27/h3-11H,12H2,1-2H3. The van der Waals surface area contributed by atoms with Crippen LogP contribution in [0.25, 0.3) is 16.3 Å². The van der Waals surface area contributed by atoms with Gasteiger partial charge in [0.1, 0.15) is 12.3 Å². The van der Waals surface area contributed by atoms with E-state index >= 15 is 0 Å². The number of methoxy groups -OCH3 is 2. The van der Waals surface area contributed by atoms with E-state index in [1.807, 2.05) is 0 Å². The Balaban J connectivity index is 1.98. The largest absolute Gasteiger partial charge is 0.497 e. The minimum Gasteiger partial charge on any atom is -0.497 e. The second-order valence-electron chi connectivity index (χ2n) is 6.02. The molecular weight excluding hydrogens is 410 g/mol. The zero-order valence-electron chi connectivity index (χ0n) is 16.1. The number of nitrogens with zero attached hydrogens (tertiary/aromatic N) is 3. The van der Waals surface area contributed by atoms with Crippen LogP contribution in [0.4, 0.5) is 5.69 Å². The molecule has 1 aromatic heterocycles. The van der Waals surface area contributed by atoms with Gasteiger partial charge in [-0.1, -0.05) is 23.5 Å². The first-order valence-corrected chi connectivity index (χ1v) is 9.48. The molecular formula is C20H17N3O6S. The molecule has 0 saturated heterocycles. The number of esters is 1. The van der Waals surface area contributed by atoms with Gasteiger partial charge in [0.2, 0.25) is 0 Å². The molecule has 154 valence electrons. The number of non-ortho nitro benzene ring substituents is 1. The number of ether oxygens (including phenoxy) is 2. The van der Waals surface area contributed by atoms with Crippen molar-refractivity contribution >= 4 is 45.2 Å². The summed E-state index contributed by atoms with van der Waals surface area (Å²) in [5.74, 6) is -0.414. The first kappa shape index (κ1) is 20.9. The van der Waals surface area contributed by atoms with Gasteiger partial charge in [-0.15, -0.1) is 0 Å². The fraction of sp³-hybridized carbons (Fsp3) is 0.150. The first-order chi connectivity index (χ1) is 14.4. The number of benzene rings is 2. The SMILES string of the molecule is COC(=O)Cn1c(=NC(=O)C=Cc2cccc([N+](=O)[O-])c2)sc2cc(OC)ccc21. The Morgan fingerprint density at radius 1 is 1.23 bits per heavy atom. The molecule has 10 heteroatoms. The Kier molecular flexibility index (Phi) is 6.38. The van der Waals surface area contributed by atoms with Crippen molar-refractivity contribution in [3.05, 3.63) is 69.0 Å². The lowest BCUT2D eigenvalue weighted by molar-refractivity contribution is -0.384. The highest BCUT2D eigenvalue weighted by molar-refractivity contribution is 7.16. The van der Waals surface area contributed by atoms with Gasteiger partial charge in [0.05, 0.1) is 29.4 Å². The van der Waals surface area contributed by atoms with Gasteiger partial charge in [0.25, 0.3) is 11.6 Å². The summed E-state index contributed by atoms with van der Waals surface area (Å²) in [5.41, 5.74) is 1.13.